The molecule has 0 aliphatic carbocycles. The predicted octanol–water partition coefficient (Wildman–Crippen LogP) is 1.85. The van der Waals surface area contributed by atoms with Crippen molar-refractivity contribution in [3.63, 3.8) is 0 Å². The standard InChI is InChI=1S/C10H18BrNO2/c1-10(2,7-11)12-9(13)6-8-4-3-5-14-8/h8H,3-7H2,1-2H3,(H,12,13). The maximum absolute atomic E-state index is 11.6. The van der Waals surface area contributed by atoms with Gasteiger partial charge >= 0.3 is 0 Å². The van der Waals surface area contributed by atoms with Crippen molar-refractivity contribution in [3.05, 3.63) is 0 Å². The average Bonchev–Trinajstić information content (AvgIpc) is 2.55. The smallest absolute Gasteiger partial charge is 0.223 e. The van der Waals surface area contributed by atoms with E-state index in [0.717, 1.165) is 24.8 Å². The first-order valence-electron chi connectivity index (χ1n) is 5.02. The molecule has 1 amide bonds. The minimum absolute atomic E-state index is 0.0846. The third-order valence-corrected chi connectivity index (χ3v) is 3.65. The summed E-state index contributed by atoms with van der Waals surface area (Å²) in [5, 5.41) is 3.73. The van der Waals surface area contributed by atoms with Crippen LogP contribution in [0.25, 0.3) is 0 Å². The van der Waals surface area contributed by atoms with Gasteiger partial charge in [-0.05, 0) is 26.7 Å². The van der Waals surface area contributed by atoms with Gasteiger partial charge in [-0.25, -0.2) is 0 Å². The van der Waals surface area contributed by atoms with Crippen LogP contribution in [0, 0.1) is 0 Å². The number of hydrogen-bond donors (Lipinski definition) is 1. The number of carbonyl (C=O) groups excluding carboxylic acids is 1. The molecule has 0 aromatic carbocycles. The number of nitrogens with one attached hydrogen (secondary N) is 1. The van der Waals surface area contributed by atoms with E-state index in [2.05, 4.69) is 21.2 Å². The van der Waals surface area contributed by atoms with E-state index in [9.17, 15) is 4.79 Å². The van der Waals surface area contributed by atoms with Gasteiger partial charge in [0.1, 0.15) is 0 Å². The molecule has 14 heavy (non-hydrogen) atoms. The van der Waals surface area contributed by atoms with Crippen molar-refractivity contribution < 1.29 is 9.53 Å². The fourth-order valence-corrected chi connectivity index (χ4v) is 1.61. The first kappa shape index (κ1) is 12.0. The van der Waals surface area contributed by atoms with E-state index in [4.69, 9.17) is 4.74 Å². The molecule has 1 fully saturated rings. The fraction of sp³-hybridized carbons (Fsp3) is 0.900. The van der Waals surface area contributed by atoms with Crippen LogP contribution in [0.3, 0.4) is 0 Å². The van der Waals surface area contributed by atoms with Crippen LogP contribution in [0.15, 0.2) is 0 Å². The van der Waals surface area contributed by atoms with Gasteiger partial charge in [-0.3, -0.25) is 4.79 Å². The van der Waals surface area contributed by atoms with Gasteiger partial charge in [0.15, 0.2) is 0 Å². The SMILES string of the molecule is CC(C)(CBr)NC(=O)CC1CCCO1. The summed E-state index contributed by atoms with van der Waals surface area (Å²) in [6.07, 6.45) is 2.74. The highest BCUT2D eigenvalue weighted by Gasteiger charge is 2.23. The largest absolute Gasteiger partial charge is 0.378 e. The lowest BCUT2D eigenvalue weighted by molar-refractivity contribution is -0.124. The Hall–Kier alpha value is -0.0900. The van der Waals surface area contributed by atoms with Gasteiger partial charge in [0.2, 0.25) is 5.91 Å². The van der Waals surface area contributed by atoms with E-state index >= 15 is 0 Å². The molecule has 3 nitrogen and oxygen atoms in total. The van der Waals surface area contributed by atoms with E-state index in [1.165, 1.54) is 0 Å². The lowest BCUT2D eigenvalue weighted by Crippen LogP contribution is -2.45. The van der Waals surface area contributed by atoms with Gasteiger partial charge in [-0.1, -0.05) is 15.9 Å². The summed E-state index contributed by atoms with van der Waals surface area (Å²) in [5.74, 6) is 0.0846. The quantitative estimate of drug-likeness (QED) is 0.787. The summed E-state index contributed by atoms with van der Waals surface area (Å²) in [4.78, 5) is 11.6. The van der Waals surface area contributed by atoms with E-state index in [0.29, 0.717) is 6.42 Å². The molecule has 0 aromatic rings. The van der Waals surface area contributed by atoms with Crippen LogP contribution in [0.2, 0.25) is 0 Å². The number of rotatable bonds is 4. The lowest BCUT2D eigenvalue weighted by atomic mass is 10.1. The minimum atomic E-state index is -0.171. The molecule has 1 aliphatic rings. The molecule has 0 spiro atoms. The molecule has 1 N–H and O–H groups in total. The van der Waals surface area contributed by atoms with Crippen LogP contribution < -0.4 is 5.32 Å². The Morgan fingerprint density at radius 1 is 1.64 bits per heavy atom. The molecule has 1 rings (SSSR count). The molecule has 1 atom stereocenters. The maximum atomic E-state index is 11.6. The van der Waals surface area contributed by atoms with Crippen molar-refractivity contribution in [2.75, 3.05) is 11.9 Å². The Bertz CT molecular complexity index is 200. The Balaban J connectivity index is 2.27. The highest BCUT2D eigenvalue weighted by molar-refractivity contribution is 9.09. The van der Waals surface area contributed by atoms with Crippen molar-refractivity contribution in [1.82, 2.24) is 5.32 Å². The van der Waals surface area contributed by atoms with Gasteiger partial charge in [-0.15, -0.1) is 0 Å². The maximum Gasteiger partial charge on any atom is 0.223 e. The zero-order valence-corrected chi connectivity index (χ0v) is 10.4. The van der Waals surface area contributed by atoms with Crippen molar-refractivity contribution in [1.29, 1.82) is 0 Å². The van der Waals surface area contributed by atoms with E-state index in [-0.39, 0.29) is 17.6 Å². The van der Waals surface area contributed by atoms with Crippen molar-refractivity contribution in [2.45, 2.75) is 44.8 Å². The highest BCUT2D eigenvalue weighted by atomic mass is 79.9. The van der Waals surface area contributed by atoms with Crippen LogP contribution in [-0.4, -0.2) is 29.5 Å². The van der Waals surface area contributed by atoms with E-state index < -0.39 is 0 Å². The highest BCUT2D eigenvalue weighted by Crippen LogP contribution is 2.16. The Morgan fingerprint density at radius 3 is 2.86 bits per heavy atom. The molecule has 1 aliphatic heterocycles. The fourth-order valence-electron chi connectivity index (χ4n) is 1.47. The first-order chi connectivity index (χ1) is 6.53. The minimum Gasteiger partial charge on any atom is -0.378 e. The zero-order valence-electron chi connectivity index (χ0n) is 8.81. The summed E-state index contributed by atoms with van der Waals surface area (Å²) in [6, 6.07) is 0. The number of ether oxygens (including phenoxy) is 1. The normalized spacial score (nSPS) is 22.4. The molecular formula is C10H18BrNO2. The molecule has 1 heterocycles. The number of hydrogen-bond acceptors (Lipinski definition) is 2. The second kappa shape index (κ2) is 5.12. The number of carbonyl (C=O) groups is 1. The van der Waals surface area contributed by atoms with Crippen LogP contribution >= 0.6 is 15.9 Å². The van der Waals surface area contributed by atoms with E-state index in [1.807, 2.05) is 13.8 Å². The molecule has 1 unspecified atom stereocenters. The van der Waals surface area contributed by atoms with Crippen LogP contribution in [0.4, 0.5) is 0 Å². The molecule has 4 heteroatoms. The summed E-state index contributed by atoms with van der Waals surface area (Å²) in [6.45, 7) is 4.80. The van der Waals surface area contributed by atoms with Gasteiger partial charge < -0.3 is 10.1 Å². The van der Waals surface area contributed by atoms with Gasteiger partial charge in [0.25, 0.3) is 0 Å². The third-order valence-electron chi connectivity index (χ3n) is 2.25. The number of alkyl halides is 1. The van der Waals surface area contributed by atoms with Crippen LogP contribution in [-0.2, 0) is 9.53 Å². The first-order valence-corrected chi connectivity index (χ1v) is 6.14. The topological polar surface area (TPSA) is 38.3 Å². The lowest BCUT2D eigenvalue weighted by Gasteiger charge is -2.24. The summed E-state index contributed by atoms with van der Waals surface area (Å²) >= 11 is 3.37. The van der Waals surface area contributed by atoms with Crippen molar-refractivity contribution in [2.24, 2.45) is 0 Å². The molecule has 0 saturated carbocycles. The monoisotopic (exact) mass is 263 g/mol. The van der Waals surface area contributed by atoms with Crippen molar-refractivity contribution in [3.8, 4) is 0 Å². The Morgan fingerprint density at radius 2 is 2.36 bits per heavy atom. The average molecular weight is 264 g/mol. The second-order valence-corrected chi connectivity index (χ2v) is 4.97. The molecule has 0 radical (unpaired) electrons. The van der Waals surface area contributed by atoms with Gasteiger partial charge in [0, 0.05) is 17.5 Å². The van der Waals surface area contributed by atoms with E-state index in [1.54, 1.807) is 0 Å². The second-order valence-electron chi connectivity index (χ2n) is 4.40. The van der Waals surface area contributed by atoms with Gasteiger partial charge in [-0.2, -0.15) is 0 Å². The van der Waals surface area contributed by atoms with Crippen LogP contribution in [0.1, 0.15) is 33.1 Å². The third kappa shape index (κ3) is 3.96. The Kier molecular flexibility index (Phi) is 4.38. The summed E-state index contributed by atoms with van der Waals surface area (Å²) in [7, 11) is 0. The molecular weight excluding hydrogens is 246 g/mol. The number of halogens is 1. The van der Waals surface area contributed by atoms with Crippen molar-refractivity contribution >= 4 is 21.8 Å². The predicted molar refractivity (Wildman–Crippen MR) is 59.6 cm³/mol. The zero-order chi connectivity index (χ0) is 10.6. The summed E-state index contributed by atoms with van der Waals surface area (Å²) < 4.78 is 5.40. The van der Waals surface area contributed by atoms with Gasteiger partial charge in [0.05, 0.1) is 12.5 Å². The Labute approximate surface area is 93.7 Å². The molecule has 0 bridgehead atoms. The number of amides is 1. The summed E-state index contributed by atoms with van der Waals surface area (Å²) in [5.41, 5.74) is -0.171. The van der Waals surface area contributed by atoms with Crippen LogP contribution in [0.5, 0.6) is 0 Å². The molecule has 82 valence electrons. The molecule has 0 aromatic heterocycles. The molecule has 1 saturated heterocycles.